The van der Waals surface area contributed by atoms with Gasteiger partial charge in [-0.15, -0.1) is 0 Å². The van der Waals surface area contributed by atoms with Gasteiger partial charge in [-0.1, -0.05) is 27.7 Å². The first-order valence-corrected chi connectivity index (χ1v) is 6.99. The molecule has 13 heavy (non-hydrogen) atoms. The van der Waals surface area contributed by atoms with Crippen molar-refractivity contribution in [3.63, 3.8) is 0 Å². The largest absolute Gasteiger partial charge is 0.421 e. The third-order valence-corrected chi connectivity index (χ3v) is 3.63. The normalized spacial score (nSPS) is 12.9. The van der Waals surface area contributed by atoms with E-state index in [1.165, 1.54) is 6.04 Å². The first-order chi connectivity index (χ1) is 6.09. The molecule has 0 saturated carbocycles. The van der Waals surface area contributed by atoms with Gasteiger partial charge in [0.05, 0.1) is 0 Å². The minimum Gasteiger partial charge on any atom is -0.421 e. The Bertz CT molecular complexity index is 109. The van der Waals surface area contributed by atoms with Crippen molar-refractivity contribution >= 4 is 9.76 Å². The standard InChI is InChI=1S/C10H25NOSi/c1-8(2)10(9(3)4)12-13-7-5-6-11/h8-10H,5-7,11,13H2,1-4H3. The lowest BCUT2D eigenvalue weighted by molar-refractivity contribution is 0.110. The minimum absolute atomic E-state index is 0.313. The van der Waals surface area contributed by atoms with Crippen molar-refractivity contribution in [1.82, 2.24) is 0 Å². The van der Waals surface area contributed by atoms with E-state index in [4.69, 9.17) is 10.2 Å². The molecule has 0 fully saturated rings. The maximum absolute atomic E-state index is 5.95. The molecule has 0 atom stereocenters. The lowest BCUT2D eigenvalue weighted by Gasteiger charge is -2.25. The summed E-state index contributed by atoms with van der Waals surface area (Å²) in [6.07, 6.45) is 1.60. The van der Waals surface area contributed by atoms with E-state index in [0.717, 1.165) is 13.0 Å². The molecule has 0 heterocycles. The summed E-state index contributed by atoms with van der Waals surface area (Å²) in [6.45, 7) is 9.76. The van der Waals surface area contributed by atoms with Crippen LogP contribution < -0.4 is 5.73 Å². The number of rotatable bonds is 7. The zero-order valence-electron chi connectivity index (χ0n) is 9.55. The topological polar surface area (TPSA) is 35.2 Å². The van der Waals surface area contributed by atoms with Crippen LogP contribution in [-0.2, 0) is 4.43 Å². The fraction of sp³-hybridized carbons (Fsp3) is 1.00. The first-order valence-electron chi connectivity index (χ1n) is 5.41. The molecule has 2 nitrogen and oxygen atoms in total. The summed E-state index contributed by atoms with van der Waals surface area (Å²) in [6, 6.07) is 1.23. The van der Waals surface area contributed by atoms with Gasteiger partial charge in [0.25, 0.3) is 0 Å². The van der Waals surface area contributed by atoms with Gasteiger partial charge in [-0.05, 0) is 30.8 Å². The van der Waals surface area contributed by atoms with Crippen molar-refractivity contribution in [2.45, 2.75) is 46.3 Å². The summed E-state index contributed by atoms with van der Waals surface area (Å²) in [7, 11) is -0.313. The summed E-state index contributed by atoms with van der Waals surface area (Å²) in [5, 5.41) is 0. The molecule has 0 unspecified atom stereocenters. The second-order valence-corrected chi connectivity index (χ2v) is 5.77. The van der Waals surface area contributed by atoms with Gasteiger partial charge in [-0.3, -0.25) is 0 Å². The molecule has 0 rings (SSSR count). The van der Waals surface area contributed by atoms with E-state index in [1.54, 1.807) is 0 Å². The molecule has 0 aromatic carbocycles. The van der Waals surface area contributed by atoms with Gasteiger partial charge in [-0.25, -0.2) is 0 Å². The van der Waals surface area contributed by atoms with Crippen molar-refractivity contribution in [2.24, 2.45) is 17.6 Å². The van der Waals surface area contributed by atoms with Crippen LogP contribution in [0.2, 0.25) is 6.04 Å². The molecule has 0 aromatic heterocycles. The highest BCUT2D eigenvalue weighted by atomic mass is 28.2. The van der Waals surface area contributed by atoms with Crippen LogP contribution in [0.1, 0.15) is 34.1 Å². The highest BCUT2D eigenvalue weighted by Crippen LogP contribution is 2.15. The highest BCUT2D eigenvalue weighted by Gasteiger charge is 2.16. The summed E-state index contributed by atoms with van der Waals surface area (Å²) >= 11 is 0. The molecule has 2 N–H and O–H groups in total. The highest BCUT2D eigenvalue weighted by molar-refractivity contribution is 6.27. The molecular weight excluding hydrogens is 178 g/mol. The SMILES string of the molecule is CC(C)C(O[SiH2]CCCN)C(C)C. The zero-order chi connectivity index (χ0) is 10.3. The van der Waals surface area contributed by atoms with Gasteiger partial charge in [0, 0.05) is 6.10 Å². The van der Waals surface area contributed by atoms with E-state index < -0.39 is 0 Å². The third kappa shape index (κ3) is 6.24. The zero-order valence-corrected chi connectivity index (χ0v) is 11.0. The molecule has 0 aliphatic carbocycles. The molecule has 0 bridgehead atoms. The molecule has 0 aliphatic rings. The van der Waals surface area contributed by atoms with Gasteiger partial charge in [-0.2, -0.15) is 0 Å². The van der Waals surface area contributed by atoms with Crippen LogP contribution in [0.4, 0.5) is 0 Å². The Balaban J connectivity index is 3.58. The third-order valence-electron chi connectivity index (χ3n) is 2.22. The quantitative estimate of drug-likeness (QED) is 0.503. The van der Waals surface area contributed by atoms with Crippen LogP contribution in [0.25, 0.3) is 0 Å². The summed E-state index contributed by atoms with van der Waals surface area (Å²) in [5.41, 5.74) is 5.43. The van der Waals surface area contributed by atoms with Crippen molar-refractivity contribution in [2.75, 3.05) is 6.54 Å². The van der Waals surface area contributed by atoms with Crippen LogP contribution in [0.3, 0.4) is 0 Å². The fourth-order valence-electron chi connectivity index (χ4n) is 1.62. The summed E-state index contributed by atoms with van der Waals surface area (Å²) in [5.74, 6) is 1.29. The van der Waals surface area contributed by atoms with E-state index in [9.17, 15) is 0 Å². The van der Waals surface area contributed by atoms with Gasteiger partial charge in [0.1, 0.15) is 0 Å². The Morgan fingerprint density at radius 1 is 1.15 bits per heavy atom. The average molecular weight is 203 g/mol. The smallest absolute Gasteiger partial charge is 0.162 e. The monoisotopic (exact) mass is 203 g/mol. The van der Waals surface area contributed by atoms with E-state index in [0.29, 0.717) is 17.9 Å². The lowest BCUT2D eigenvalue weighted by atomic mass is 9.97. The number of nitrogens with two attached hydrogens (primary N) is 1. The molecule has 0 radical (unpaired) electrons. The second-order valence-electron chi connectivity index (χ2n) is 4.32. The Labute approximate surface area is 85.2 Å². The molecule has 80 valence electrons. The Morgan fingerprint density at radius 2 is 1.69 bits per heavy atom. The summed E-state index contributed by atoms with van der Waals surface area (Å²) in [4.78, 5) is 0. The average Bonchev–Trinajstić information content (AvgIpc) is 2.02. The van der Waals surface area contributed by atoms with Gasteiger partial charge in [0.2, 0.25) is 0 Å². The van der Waals surface area contributed by atoms with Crippen LogP contribution in [-0.4, -0.2) is 22.4 Å². The Kier molecular flexibility index (Phi) is 7.61. The van der Waals surface area contributed by atoms with E-state index >= 15 is 0 Å². The van der Waals surface area contributed by atoms with E-state index in [2.05, 4.69) is 27.7 Å². The van der Waals surface area contributed by atoms with Crippen LogP contribution in [0, 0.1) is 11.8 Å². The number of hydrogen-bond donors (Lipinski definition) is 1. The summed E-state index contributed by atoms with van der Waals surface area (Å²) < 4.78 is 5.95. The van der Waals surface area contributed by atoms with Crippen molar-refractivity contribution in [3.8, 4) is 0 Å². The van der Waals surface area contributed by atoms with Gasteiger partial charge >= 0.3 is 0 Å². The van der Waals surface area contributed by atoms with Crippen molar-refractivity contribution in [3.05, 3.63) is 0 Å². The van der Waals surface area contributed by atoms with Crippen molar-refractivity contribution in [1.29, 1.82) is 0 Å². The van der Waals surface area contributed by atoms with Gasteiger partial charge < -0.3 is 10.2 Å². The molecule has 0 saturated heterocycles. The maximum Gasteiger partial charge on any atom is 0.162 e. The molecule has 0 amide bonds. The Morgan fingerprint density at radius 3 is 2.08 bits per heavy atom. The Hall–Kier alpha value is 0.137. The van der Waals surface area contributed by atoms with Crippen LogP contribution >= 0.6 is 0 Å². The van der Waals surface area contributed by atoms with Crippen LogP contribution in [0.15, 0.2) is 0 Å². The predicted molar refractivity (Wildman–Crippen MR) is 61.6 cm³/mol. The molecule has 0 spiro atoms. The second kappa shape index (κ2) is 7.53. The van der Waals surface area contributed by atoms with Crippen molar-refractivity contribution < 1.29 is 4.43 Å². The fourth-order valence-corrected chi connectivity index (χ4v) is 3.32. The molecular formula is C10H25NOSi. The first kappa shape index (κ1) is 13.1. The predicted octanol–water partition coefficient (Wildman–Crippen LogP) is 1.53. The minimum atomic E-state index is -0.313. The molecule has 0 aliphatic heterocycles. The van der Waals surface area contributed by atoms with E-state index in [-0.39, 0.29) is 9.76 Å². The lowest BCUT2D eigenvalue weighted by Crippen LogP contribution is -2.27. The molecule has 3 heteroatoms. The molecule has 0 aromatic rings. The number of hydrogen-bond acceptors (Lipinski definition) is 2. The maximum atomic E-state index is 5.95. The van der Waals surface area contributed by atoms with E-state index in [1.807, 2.05) is 0 Å². The van der Waals surface area contributed by atoms with Gasteiger partial charge in [0.15, 0.2) is 9.76 Å². The van der Waals surface area contributed by atoms with Crippen LogP contribution in [0.5, 0.6) is 0 Å².